The molecule has 0 saturated heterocycles. The van der Waals surface area contributed by atoms with E-state index < -0.39 is 0 Å². The molecular formula is C15H30O. The molecule has 1 fully saturated rings. The first-order valence-corrected chi connectivity index (χ1v) is 7.34. The lowest BCUT2D eigenvalue weighted by Gasteiger charge is -2.35. The second kappa shape index (κ2) is 6.64. The van der Waals surface area contributed by atoms with Crippen LogP contribution >= 0.6 is 0 Å². The minimum absolute atomic E-state index is 0.357. The van der Waals surface area contributed by atoms with Crippen LogP contribution in [0.15, 0.2) is 0 Å². The maximum absolute atomic E-state index is 10.8. The Morgan fingerprint density at radius 2 is 1.88 bits per heavy atom. The molecule has 1 rings (SSSR count). The molecule has 16 heavy (non-hydrogen) atoms. The highest BCUT2D eigenvalue weighted by molar-refractivity contribution is 4.89. The van der Waals surface area contributed by atoms with Crippen LogP contribution in [0.2, 0.25) is 0 Å². The molecule has 0 aliphatic heterocycles. The van der Waals surface area contributed by atoms with Crippen LogP contribution in [0, 0.1) is 11.8 Å². The first kappa shape index (κ1) is 14.0. The summed E-state index contributed by atoms with van der Waals surface area (Å²) in [6.45, 7) is 6.71. The highest BCUT2D eigenvalue weighted by Gasteiger charge is 2.37. The van der Waals surface area contributed by atoms with E-state index in [0.717, 1.165) is 12.8 Å². The van der Waals surface area contributed by atoms with Crippen LogP contribution in [-0.2, 0) is 0 Å². The van der Waals surface area contributed by atoms with Crippen molar-refractivity contribution in [2.45, 2.75) is 84.2 Å². The van der Waals surface area contributed by atoms with Crippen molar-refractivity contribution in [1.29, 1.82) is 0 Å². The number of hydrogen-bond donors (Lipinski definition) is 1. The third-order valence-electron chi connectivity index (χ3n) is 4.48. The zero-order valence-corrected chi connectivity index (χ0v) is 11.5. The highest BCUT2D eigenvalue weighted by atomic mass is 16.3. The van der Waals surface area contributed by atoms with Crippen molar-refractivity contribution >= 4 is 0 Å². The van der Waals surface area contributed by atoms with Crippen LogP contribution in [-0.4, -0.2) is 10.7 Å². The summed E-state index contributed by atoms with van der Waals surface area (Å²) < 4.78 is 0. The molecule has 0 amide bonds. The zero-order chi connectivity index (χ0) is 12.0. The molecule has 96 valence electrons. The van der Waals surface area contributed by atoms with Crippen LogP contribution in [0.3, 0.4) is 0 Å². The van der Waals surface area contributed by atoms with Gasteiger partial charge in [-0.3, -0.25) is 0 Å². The Morgan fingerprint density at radius 1 is 1.25 bits per heavy atom. The minimum Gasteiger partial charge on any atom is -0.390 e. The molecule has 1 nitrogen and oxygen atoms in total. The van der Waals surface area contributed by atoms with E-state index in [1.807, 2.05) is 0 Å². The van der Waals surface area contributed by atoms with E-state index >= 15 is 0 Å². The van der Waals surface area contributed by atoms with E-state index in [2.05, 4.69) is 20.8 Å². The summed E-state index contributed by atoms with van der Waals surface area (Å²) in [4.78, 5) is 0. The van der Waals surface area contributed by atoms with Gasteiger partial charge in [0.1, 0.15) is 0 Å². The van der Waals surface area contributed by atoms with Gasteiger partial charge in [0.15, 0.2) is 0 Å². The van der Waals surface area contributed by atoms with E-state index in [9.17, 15) is 5.11 Å². The SMILES string of the molecule is CCCCC(C)CC(O)(CC)C1CCCC1. The van der Waals surface area contributed by atoms with Crippen molar-refractivity contribution < 1.29 is 5.11 Å². The lowest BCUT2D eigenvalue weighted by molar-refractivity contribution is -0.0396. The van der Waals surface area contributed by atoms with Crippen molar-refractivity contribution in [1.82, 2.24) is 0 Å². The van der Waals surface area contributed by atoms with Gasteiger partial charge in [-0.15, -0.1) is 0 Å². The molecule has 1 aliphatic rings. The van der Waals surface area contributed by atoms with Crippen molar-refractivity contribution in [3.8, 4) is 0 Å². The average molecular weight is 226 g/mol. The van der Waals surface area contributed by atoms with Crippen LogP contribution in [0.25, 0.3) is 0 Å². The van der Waals surface area contributed by atoms with Gasteiger partial charge in [-0.2, -0.15) is 0 Å². The number of hydrogen-bond acceptors (Lipinski definition) is 1. The molecule has 0 aromatic heterocycles. The third kappa shape index (κ3) is 3.76. The summed E-state index contributed by atoms with van der Waals surface area (Å²) in [5.74, 6) is 1.27. The molecular weight excluding hydrogens is 196 g/mol. The fourth-order valence-corrected chi connectivity index (χ4v) is 3.32. The number of aliphatic hydroxyl groups is 1. The fourth-order valence-electron chi connectivity index (χ4n) is 3.32. The summed E-state index contributed by atoms with van der Waals surface area (Å²) >= 11 is 0. The number of unbranched alkanes of at least 4 members (excludes halogenated alkanes) is 1. The molecule has 0 aromatic carbocycles. The van der Waals surface area contributed by atoms with E-state index in [-0.39, 0.29) is 5.60 Å². The van der Waals surface area contributed by atoms with Crippen LogP contribution in [0.4, 0.5) is 0 Å². The van der Waals surface area contributed by atoms with Gasteiger partial charge in [0, 0.05) is 0 Å². The van der Waals surface area contributed by atoms with E-state index in [1.54, 1.807) is 0 Å². The first-order chi connectivity index (χ1) is 7.62. The Hall–Kier alpha value is -0.0400. The van der Waals surface area contributed by atoms with Gasteiger partial charge in [-0.25, -0.2) is 0 Å². The fraction of sp³-hybridized carbons (Fsp3) is 1.00. The molecule has 1 saturated carbocycles. The zero-order valence-electron chi connectivity index (χ0n) is 11.5. The summed E-state index contributed by atoms with van der Waals surface area (Å²) in [5.41, 5.74) is -0.357. The molecule has 0 radical (unpaired) electrons. The summed E-state index contributed by atoms with van der Waals surface area (Å²) in [6, 6.07) is 0. The Kier molecular flexibility index (Phi) is 5.82. The Labute approximate surface area is 102 Å². The Balaban J connectivity index is 2.44. The van der Waals surface area contributed by atoms with Gasteiger partial charge in [0.2, 0.25) is 0 Å². The first-order valence-electron chi connectivity index (χ1n) is 7.34. The molecule has 0 spiro atoms. The molecule has 0 aromatic rings. The Bertz CT molecular complexity index is 184. The van der Waals surface area contributed by atoms with Gasteiger partial charge in [0.05, 0.1) is 5.60 Å². The van der Waals surface area contributed by atoms with E-state index in [1.165, 1.54) is 44.9 Å². The highest BCUT2D eigenvalue weighted by Crippen LogP contribution is 2.40. The second-order valence-corrected chi connectivity index (χ2v) is 5.89. The predicted molar refractivity (Wildman–Crippen MR) is 70.5 cm³/mol. The van der Waals surface area contributed by atoms with Gasteiger partial charge >= 0.3 is 0 Å². The molecule has 2 unspecified atom stereocenters. The molecule has 1 heteroatoms. The van der Waals surface area contributed by atoms with E-state index in [0.29, 0.717) is 11.8 Å². The largest absolute Gasteiger partial charge is 0.390 e. The lowest BCUT2D eigenvalue weighted by Crippen LogP contribution is -2.37. The van der Waals surface area contributed by atoms with Gasteiger partial charge in [0.25, 0.3) is 0 Å². The summed E-state index contributed by atoms with van der Waals surface area (Å²) in [5, 5.41) is 10.8. The molecule has 0 heterocycles. The standard InChI is InChI=1S/C15H30O/c1-4-6-9-13(3)12-15(16,5-2)14-10-7-8-11-14/h13-14,16H,4-12H2,1-3H3. The lowest BCUT2D eigenvalue weighted by atomic mass is 9.77. The summed E-state index contributed by atoms with van der Waals surface area (Å²) in [6.07, 6.45) is 11.0. The van der Waals surface area contributed by atoms with Crippen molar-refractivity contribution in [3.63, 3.8) is 0 Å². The van der Waals surface area contributed by atoms with Crippen LogP contribution < -0.4 is 0 Å². The molecule has 0 bridgehead atoms. The quantitative estimate of drug-likeness (QED) is 0.676. The molecule has 2 atom stereocenters. The second-order valence-electron chi connectivity index (χ2n) is 5.89. The van der Waals surface area contributed by atoms with Crippen LogP contribution in [0.5, 0.6) is 0 Å². The van der Waals surface area contributed by atoms with Crippen molar-refractivity contribution in [3.05, 3.63) is 0 Å². The van der Waals surface area contributed by atoms with Gasteiger partial charge in [-0.05, 0) is 37.5 Å². The molecule has 1 N–H and O–H groups in total. The minimum atomic E-state index is -0.357. The maximum atomic E-state index is 10.8. The maximum Gasteiger partial charge on any atom is 0.0675 e. The van der Waals surface area contributed by atoms with Crippen LogP contribution in [0.1, 0.15) is 78.6 Å². The monoisotopic (exact) mass is 226 g/mol. The van der Waals surface area contributed by atoms with Gasteiger partial charge in [-0.1, -0.05) is 52.9 Å². The van der Waals surface area contributed by atoms with Crippen molar-refractivity contribution in [2.24, 2.45) is 11.8 Å². The van der Waals surface area contributed by atoms with Crippen molar-refractivity contribution in [2.75, 3.05) is 0 Å². The topological polar surface area (TPSA) is 20.2 Å². The van der Waals surface area contributed by atoms with E-state index in [4.69, 9.17) is 0 Å². The molecule has 1 aliphatic carbocycles. The Morgan fingerprint density at radius 3 is 2.38 bits per heavy atom. The smallest absolute Gasteiger partial charge is 0.0675 e. The normalized spacial score (nSPS) is 23.2. The average Bonchev–Trinajstić information content (AvgIpc) is 2.80. The van der Waals surface area contributed by atoms with Gasteiger partial charge < -0.3 is 5.11 Å². The summed E-state index contributed by atoms with van der Waals surface area (Å²) in [7, 11) is 0. The predicted octanol–water partition coefficient (Wildman–Crippen LogP) is 4.53. The third-order valence-corrected chi connectivity index (χ3v) is 4.48. The number of rotatable bonds is 7.